The van der Waals surface area contributed by atoms with E-state index in [2.05, 4.69) is 35.9 Å². The summed E-state index contributed by atoms with van der Waals surface area (Å²) in [5.74, 6) is 0.872. The van der Waals surface area contributed by atoms with Crippen molar-refractivity contribution in [3.8, 4) is 5.75 Å². The van der Waals surface area contributed by atoms with Crippen LogP contribution in [0.15, 0.2) is 40.0 Å². The van der Waals surface area contributed by atoms with Crippen molar-refractivity contribution in [2.45, 2.75) is 4.90 Å². The van der Waals surface area contributed by atoms with Crippen molar-refractivity contribution in [1.29, 1.82) is 0 Å². The summed E-state index contributed by atoms with van der Waals surface area (Å²) in [5.41, 5.74) is 0.382. The highest BCUT2D eigenvalue weighted by Gasteiger charge is 2.16. The molecule has 0 amide bonds. The van der Waals surface area contributed by atoms with Crippen molar-refractivity contribution in [1.82, 2.24) is 9.97 Å². The summed E-state index contributed by atoms with van der Waals surface area (Å²) in [6.07, 6.45) is 2.47. The van der Waals surface area contributed by atoms with E-state index in [-0.39, 0.29) is 4.90 Å². The molecule has 0 saturated carbocycles. The Labute approximate surface area is 130 Å². The minimum atomic E-state index is -3.75. The molecule has 0 aliphatic rings. The van der Waals surface area contributed by atoms with Gasteiger partial charge in [-0.25, -0.2) is 18.4 Å². The van der Waals surface area contributed by atoms with Crippen LogP contribution in [-0.4, -0.2) is 32.5 Å². The molecular formula is C12H13BrN4O3S. The van der Waals surface area contributed by atoms with E-state index in [1.165, 1.54) is 19.5 Å². The third-order valence-electron chi connectivity index (χ3n) is 2.57. The maximum Gasteiger partial charge on any atom is 0.264 e. The topological polar surface area (TPSA) is 93.2 Å². The Bertz CT molecular complexity index is 735. The quantitative estimate of drug-likeness (QED) is 0.834. The Kier molecular flexibility index (Phi) is 4.63. The van der Waals surface area contributed by atoms with E-state index < -0.39 is 10.0 Å². The van der Waals surface area contributed by atoms with Gasteiger partial charge < -0.3 is 10.1 Å². The fourth-order valence-electron chi connectivity index (χ4n) is 1.52. The van der Waals surface area contributed by atoms with Gasteiger partial charge in [-0.05, 0) is 28.1 Å². The van der Waals surface area contributed by atoms with Gasteiger partial charge in [-0.15, -0.1) is 0 Å². The van der Waals surface area contributed by atoms with Gasteiger partial charge in [0.25, 0.3) is 10.0 Å². The van der Waals surface area contributed by atoms with Crippen LogP contribution in [-0.2, 0) is 10.0 Å². The first kappa shape index (κ1) is 15.5. The summed E-state index contributed by atoms with van der Waals surface area (Å²) in [6, 6.07) is 4.88. The number of methoxy groups -OCH3 is 1. The van der Waals surface area contributed by atoms with Gasteiger partial charge >= 0.3 is 0 Å². The zero-order valence-corrected chi connectivity index (χ0v) is 13.7. The van der Waals surface area contributed by atoms with Gasteiger partial charge in [0.15, 0.2) is 0 Å². The van der Waals surface area contributed by atoms with E-state index in [4.69, 9.17) is 4.74 Å². The first-order valence-corrected chi connectivity index (χ1v) is 8.10. The number of hydrogen-bond donors (Lipinski definition) is 2. The van der Waals surface area contributed by atoms with E-state index in [0.717, 1.165) is 4.47 Å². The average Bonchev–Trinajstić information content (AvgIpc) is 2.49. The number of rotatable bonds is 5. The number of anilines is 2. The number of ether oxygens (including phenoxy) is 1. The number of nitrogens with zero attached hydrogens (tertiary/aromatic N) is 2. The van der Waals surface area contributed by atoms with E-state index in [1.54, 1.807) is 25.2 Å². The third kappa shape index (κ3) is 3.61. The molecule has 7 nitrogen and oxygen atoms in total. The zero-order chi connectivity index (χ0) is 15.5. The molecule has 0 fully saturated rings. The normalized spacial score (nSPS) is 11.0. The van der Waals surface area contributed by atoms with Crippen LogP contribution >= 0.6 is 15.9 Å². The minimum absolute atomic E-state index is 0.0246. The molecule has 2 N–H and O–H groups in total. The number of sulfonamides is 1. The van der Waals surface area contributed by atoms with Gasteiger partial charge in [0.2, 0.25) is 5.95 Å². The van der Waals surface area contributed by atoms with Crippen molar-refractivity contribution in [3.63, 3.8) is 0 Å². The van der Waals surface area contributed by atoms with Crippen molar-refractivity contribution >= 4 is 37.6 Å². The van der Waals surface area contributed by atoms with Gasteiger partial charge in [-0.3, -0.25) is 4.72 Å². The van der Waals surface area contributed by atoms with Crippen LogP contribution in [0.3, 0.4) is 0 Å². The van der Waals surface area contributed by atoms with Crippen molar-refractivity contribution in [3.05, 3.63) is 35.1 Å². The van der Waals surface area contributed by atoms with Crippen LogP contribution in [0.1, 0.15) is 0 Å². The smallest absolute Gasteiger partial charge is 0.264 e. The summed E-state index contributed by atoms with van der Waals surface area (Å²) in [6.45, 7) is 0. The fraction of sp³-hybridized carbons (Fsp3) is 0.167. The summed E-state index contributed by atoms with van der Waals surface area (Å²) in [5, 5.41) is 2.72. The fourth-order valence-corrected chi connectivity index (χ4v) is 2.87. The number of aromatic nitrogens is 2. The van der Waals surface area contributed by atoms with Crippen LogP contribution < -0.4 is 14.8 Å². The molecule has 2 rings (SSSR count). The maximum absolute atomic E-state index is 12.2. The molecule has 21 heavy (non-hydrogen) atoms. The second kappa shape index (κ2) is 6.27. The van der Waals surface area contributed by atoms with Gasteiger partial charge in [-0.1, -0.05) is 0 Å². The Morgan fingerprint density at radius 1 is 1.24 bits per heavy atom. The Hall–Kier alpha value is -1.87. The van der Waals surface area contributed by atoms with Gasteiger partial charge in [-0.2, -0.15) is 0 Å². The highest BCUT2D eigenvalue weighted by Crippen LogP contribution is 2.28. The van der Waals surface area contributed by atoms with E-state index in [1.807, 2.05) is 0 Å². The maximum atomic E-state index is 12.2. The Balaban J connectivity index is 2.28. The molecule has 0 aliphatic carbocycles. The van der Waals surface area contributed by atoms with E-state index in [0.29, 0.717) is 17.4 Å². The van der Waals surface area contributed by atoms with Gasteiger partial charge in [0, 0.05) is 13.1 Å². The molecule has 0 bridgehead atoms. The number of hydrogen-bond acceptors (Lipinski definition) is 6. The molecular weight excluding hydrogens is 360 g/mol. The minimum Gasteiger partial charge on any atom is -0.495 e. The van der Waals surface area contributed by atoms with Crippen LogP contribution in [0.25, 0.3) is 0 Å². The van der Waals surface area contributed by atoms with E-state index >= 15 is 0 Å². The molecule has 0 atom stereocenters. The second-order valence-corrected chi connectivity index (χ2v) is 6.48. The summed E-state index contributed by atoms with van der Waals surface area (Å²) >= 11 is 3.30. The van der Waals surface area contributed by atoms with Crippen molar-refractivity contribution in [2.24, 2.45) is 0 Å². The standard InChI is InChI=1S/C12H13BrN4O3S/c1-14-12-15-6-9(7-16-12)21(18,19)17-8-3-4-10(13)11(5-8)20-2/h3-7,17H,1-2H3,(H,14,15,16). The molecule has 0 aliphatic heterocycles. The SMILES string of the molecule is CNc1ncc(S(=O)(=O)Nc2ccc(Br)c(OC)c2)cn1. The van der Waals surface area contributed by atoms with Crippen LogP contribution in [0.4, 0.5) is 11.6 Å². The van der Waals surface area contributed by atoms with Crippen LogP contribution in [0.5, 0.6) is 5.75 Å². The molecule has 0 saturated heterocycles. The van der Waals surface area contributed by atoms with Crippen LogP contribution in [0, 0.1) is 0 Å². The number of nitrogens with one attached hydrogen (secondary N) is 2. The molecule has 1 aromatic heterocycles. The lowest BCUT2D eigenvalue weighted by molar-refractivity contribution is 0.412. The van der Waals surface area contributed by atoms with Gasteiger partial charge in [0.05, 0.1) is 29.7 Å². The molecule has 2 aromatic rings. The monoisotopic (exact) mass is 372 g/mol. The second-order valence-electron chi connectivity index (χ2n) is 3.95. The predicted molar refractivity (Wildman–Crippen MR) is 83.1 cm³/mol. The summed E-state index contributed by atoms with van der Waals surface area (Å²) < 4.78 is 32.7. The zero-order valence-electron chi connectivity index (χ0n) is 11.3. The molecule has 1 aromatic carbocycles. The lowest BCUT2D eigenvalue weighted by Crippen LogP contribution is -2.14. The summed E-state index contributed by atoms with van der Waals surface area (Å²) in [7, 11) is -0.598. The molecule has 1 heterocycles. The Morgan fingerprint density at radius 2 is 1.90 bits per heavy atom. The highest BCUT2D eigenvalue weighted by molar-refractivity contribution is 9.10. The lowest BCUT2D eigenvalue weighted by atomic mass is 10.3. The average molecular weight is 373 g/mol. The van der Waals surface area contributed by atoms with Gasteiger partial charge in [0.1, 0.15) is 10.6 Å². The lowest BCUT2D eigenvalue weighted by Gasteiger charge is -2.10. The largest absolute Gasteiger partial charge is 0.495 e. The molecule has 112 valence electrons. The molecule has 0 spiro atoms. The number of halogens is 1. The molecule has 9 heteroatoms. The Morgan fingerprint density at radius 3 is 2.48 bits per heavy atom. The summed E-state index contributed by atoms with van der Waals surface area (Å²) in [4.78, 5) is 7.73. The highest BCUT2D eigenvalue weighted by atomic mass is 79.9. The molecule has 0 unspecified atom stereocenters. The van der Waals surface area contributed by atoms with Crippen molar-refractivity contribution in [2.75, 3.05) is 24.2 Å². The first-order valence-electron chi connectivity index (χ1n) is 5.82. The van der Waals surface area contributed by atoms with Crippen molar-refractivity contribution < 1.29 is 13.2 Å². The molecule has 0 radical (unpaired) electrons. The predicted octanol–water partition coefficient (Wildman–Crippen LogP) is 2.09. The van der Waals surface area contributed by atoms with Crippen LogP contribution in [0.2, 0.25) is 0 Å². The first-order chi connectivity index (χ1) is 9.96. The number of benzene rings is 1. The van der Waals surface area contributed by atoms with E-state index in [9.17, 15) is 8.42 Å². The third-order valence-corrected chi connectivity index (χ3v) is 4.56.